The standard InChI is InChI=1S/C21H22FN3O5S2/c1-30-21(27)13-25-18-12-15(6-7-19(18)31-14-20(25)26)32(28,29)24-10-8-23(9-11-24)17-5-3-2-4-16(17)22/h2-7,12H,8-11,13-14H2,1H3. The maximum atomic E-state index is 14.1. The summed E-state index contributed by atoms with van der Waals surface area (Å²) in [6.45, 7) is 0.830. The molecule has 170 valence electrons. The van der Waals surface area contributed by atoms with Crippen molar-refractivity contribution in [3.8, 4) is 0 Å². The smallest absolute Gasteiger partial charge is 0.325 e. The van der Waals surface area contributed by atoms with Crippen molar-refractivity contribution >= 4 is 45.0 Å². The van der Waals surface area contributed by atoms with Crippen LogP contribution in [0.3, 0.4) is 0 Å². The number of hydrogen-bond donors (Lipinski definition) is 0. The molecule has 1 saturated heterocycles. The molecule has 1 amide bonds. The number of thioether (sulfide) groups is 1. The number of piperazine rings is 1. The Kier molecular flexibility index (Phi) is 6.40. The van der Waals surface area contributed by atoms with Gasteiger partial charge in [0.15, 0.2) is 0 Å². The molecule has 2 aliphatic rings. The molecular formula is C21H22FN3O5S2. The van der Waals surface area contributed by atoms with Crippen LogP contribution in [0.2, 0.25) is 0 Å². The number of carbonyl (C=O) groups excluding carboxylic acids is 2. The molecule has 4 rings (SSSR count). The maximum Gasteiger partial charge on any atom is 0.325 e. The number of carbonyl (C=O) groups is 2. The average Bonchev–Trinajstić information content (AvgIpc) is 2.81. The van der Waals surface area contributed by atoms with Crippen LogP contribution in [0.1, 0.15) is 0 Å². The monoisotopic (exact) mass is 479 g/mol. The summed E-state index contributed by atoms with van der Waals surface area (Å²) in [5.41, 5.74) is 0.829. The van der Waals surface area contributed by atoms with Gasteiger partial charge in [0.2, 0.25) is 15.9 Å². The van der Waals surface area contributed by atoms with Gasteiger partial charge in [-0.2, -0.15) is 4.31 Å². The summed E-state index contributed by atoms with van der Waals surface area (Å²) in [5.74, 6) is -1.06. The second-order valence-electron chi connectivity index (χ2n) is 7.32. The van der Waals surface area contributed by atoms with E-state index in [-0.39, 0.29) is 42.0 Å². The van der Waals surface area contributed by atoms with E-state index in [1.165, 1.54) is 46.3 Å². The molecule has 8 nitrogen and oxygen atoms in total. The Morgan fingerprint density at radius 1 is 1.09 bits per heavy atom. The molecule has 1 fully saturated rings. The van der Waals surface area contributed by atoms with Crippen LogP contribution in [0.25, 0.3) is 0 Å². The normalized spacial score (nSPS) is 17.2. The van der Waals surface area contributed by atoms with E-state index >= 15 is 0 Å². The van der Waals surface area contributed by atoms with Crippen LogP contribution in [0, 0.1) is 5.82 Å². The molecule has 0 bridgehead atoms. The topological polar surface area (TPSA) is 87.2 Å². The number of rotatable bonds is 5. The Labute approximate surface area is 190 Å². The first kappa shape index (κ1) is 22.6. The van der Waals surface area contributed by atoms with Gasteiger partial charge in [0.05, 0.1) is 29.1 Å². The van der Waals surface area contributed by atoms with E-state index in [2.05, 4.69) is 4.74 Å². The molecule has 2 aromatic rings. The first-order valence-electron chi connectivity index (χ1n) is 9.95. The highest BCUT2D eigenvalue weighted by Gasteiger charge is 2.32. The van der Waals surface area contributed by atoms with E-state index < -0.39 is 16.0 Å². The van der Waals surface area contributed by atoms with Crippen LogP contribution in [-0.4, -0.2) is 70.2 Å². The van der Waals surface area contributed by atoms with Crippen molar-refractivity contribution in [3.63, 3.8) is 0 Å². The molecule has 0 radical (unpaired) electrons. The molecule has 0 saturated carbocycles. The summed E-state index contributed by atoms with van der Waals surface area (Å²) in [5, 5.41) is 0. The zero-order valence-corrected chi connectivity index (χ0v) is 19.0. The van der Waals surface area contributed by atoms with Gasteiger partial charge in [0.25, 0.3) is 0 Å². The van der Waals surface area contributed by atoms with Gasteiger partial charge in [-0.15, -0.1) is 11.8 Å². The van der Waals surface area contributed by atoms with Crippen molar-refractivity contribution in [3.05, 3.63) is 48.3 Å². The van der Waals surface area contributed by atoms with Gasteiger partial charge in [0, 0.05) is 31.1 Å². The van der Waals surface area contributed by atoms with Crippen LogP contribution >= 0.6 is 11.8 Å². The van der Waals surface area contributed by atoms with Crippen molar-refractivity contribution < 1.29 is 27.1 Å². The fourth-order valence-corrected chi connectivity index (χ4v) is 6.09. The van der Waals surface area contributed by atoms with Gasteiger partial charge in [-0.05, 0) is 30.3 Å². The maximum absolute atomic E-state index is 14.1. The second kappa shape index (κ2) is 9.08. The minimum Gasteiger partial charge on any atom is -0.468 e. The molecule has 0 aliphatic carbocycles. The molecule has 11 heteroatoms. The van der Waals surface area contributed by atoms with Gasteiger partial charge in [0.1, 0.15) is 12.4 Å². The highest BCUT2D eigenvalue weighted by Crippen LogP contribution is 2.37. The number of anilines is 2. The van der Waals surface area contributed by atoms with Crippen LogP contribution in [0.15, 0.2) is 52.3 Å². The number of hydrogen-bond acceptors (Lipinski definition) is 7. The fourth-order valence-electron chi connectivity index (χ4n) is 3.74. The van der Waals surface area contributed by atoms with E-state index in [4.69, 9.17) is 0 Å². The summed E-state index contributed by atoms with van der Waals surface area (Å²) in [4.78, 5) is 28.0. The predicted octanol–water partition coefficient (Wildman–Crippen LogP) is 1.95. The molecule has 0 atom stereocenters. The number of para-hydroxylation sites is 1. The fraction of sp³-hybridized carbons (Fsp3) is 0.333. The van der Waals surface area contributed by atoms with Crippen LogP contribution in [0.5, 0.6) is 0 Å². The third-order valence-corrected chi connectivity index (χ3v) is 8.40. The Bertz CT molecular complexity index is 1150. The molecule has 2 heterocycles. The van der Waals surface area contributed by atoms with E-state index in [1.54, 1.807) is 24.3 Å². The van der Waals surface area contributed by atoms with Gasteiger partial charge in [-0.1, -0.05) is 12.1 Å². The van der Waals surface area contributed by atoms with E-state index in [0.717, 1.165) is 4.90 Å². The molecule has 0 unspecified atom stereocenters. The van der Waals surface area contributed by atoms with Gasteiger partial charge in [-0.25, -0.2) is 12.8 Å². The highest BCUT2D eigenvalue weighted by molar-refractivity contribution is 8.00. The first-order chi connectivity index (χ1) is 15.3. The quantitative estimate of drug-likeness (QED) is 0.606. The van der Waals surface area contributed by atoms with E-state index in [9.17, 15) is 22.4 Å². The van der Waals surface area contributed by atoms with Crippen molar-refractivity contribution in [1.29, 1.82) is 0 Å². The molecule has 0 spiro atoms. The number of nitrogens with zero attached hydrogens (tertiary/aromatic N) is 3. The van der Waals surface area contributed by atoms with Crippen LogP contribution < -0.4 is 9.80 Å². The SMILES string of the molecule is COC(=O)CN1C(=O)CSc2ccc(S(=O)(=O)N3CCN(c4ccccc4F)CC3)cc21. The molecule has 0 aromatic heterocycles. The Hall–Kier alpha value is -2.63. The van der Waals surface area contributed by atoms with Crippen LogP contribution in [0.4, 0.5) is 15.8 Å². The zero-order valence-electron chi connectivity index (χ0n) is 17.4. The Balaban J connectivity index is 1.55. The van der Waals surface area contributed by atoms with Crippen molar-refractivity contribution in [2.75, 3.05) is 55.4 Å². The lowest BCUT2D eigenvalue weighted by Gasteiger charge is -2.35. The zero-order chi connectivity index (χ0) is 22.9. The van der Waals surface area contributed by atoms with Gasteiger partial charge >= 0.3 is 5.97 Å². The third kappa shape index (κ3) is 4.32. The van der Waals surface area contributed by atoms with E-state index in [1.807, 2.05) is 4.90 Å². The first-order valence-corrected chi connectivity index (χ1v) is 12.4. The molecule has 2 aromatic carbocycles. The summed E-state index contributed by atoms with van der Waals surface area (Å²) in [6, 6.07) is 11.0. The number of ether oxygens (including phenoxy) is 1. The lowest BCUT2D eigenvalue weighted by atomic mass is 10.2. The molecule has 2 aliphatic heterocycles. The third-order valence-electron chi connectivity index (χ3n) is 5.46. The minimum atomic E-state index is -3.84. The number of esters is 1. The second-order valence-corrected chi connectivity index (χ2v) is 10.3. The van der Waals surface area contributed by atoms with Crippen molar-refractivity contribution in [2.24, 2.45) is 0 Å². The minimum absolute atomic E-state index is 0.0424. The molecular weight excluding hydrogens is 457 g/mol. The number of benzene rings is 2. The number of fused-ring (bicyclic) bond motifs is 1. The number of sulfonamides is 1. The number of methoxy groups -OCH3 is 1. The van der Waals surface area contributed by atoms with Gasteiger partial charge < -0.3 is 9.64 Å². The Morgan fingerprint density at radius 3 is 2.50 bits per heavy atom. The lowest BCUT2D eigenvalue weighted by molar-refractivity contribution is -0.139. The summed E-state index contributed by atoms with van der Waals surface area (Å²) >= 11 is 1.30. The van der Waals surface area contributed by atoms with Crippen molar-refractivity contribution in [2.45, 2.75) is 9.79 Å². The highest BCUT2D eigenvalue weighted by atomic mass is 32.2. The predicted molar refractivity (Wildman–Crippen MR) is 119 cm³/mol. The summed E-state index contributed by atoms with van der Waals surface area (Å²) < 4.78 is 46.7. The van der Waals surface area contributed by atoms with E-state index in [0.29, 0.717) is 24.5 Å². The lowest BCUT2D eigenvalue weighted by Crippen LogP contribution is -2.49. The summed E-state index contributed by atoms with van der Waals surface area (Å²) in [6.07, 6.45) is 0. The average molecular weight is 480 g/mol. The Morgan fingerprint density at radius 2 is 1.81 bits per heavy atom. The summed E-state index contributed by atoms with van der Waals surface area (Å²) in [7, 11) is -2.61. The number of amides is 1. The van der Waals surface area contributed by atoms with Crippen molar-refractivity contribution in [1.82, 2.24) is 4.31 Å². The van der Waals surface area contributed by atoms with Crippen LogP contribution in [-0.2, 0) is 24.3 Å². The number of halogens is 1. The van der Waals surface area contributed by atoms with Gasteiger partial charge in [-0.3, -0.25) is 14.5 Å². The largest absolute Gasteiger partial charge is 0.468 e. The molecule has 32 heavy (non-hydrogen) atoms. The molecule has 0 N–H and O–H groups in total.